The molecule has 18 heteroatoms. The van der Waals surface area contributed by atoms with Gasteiger partial charge in [-0.15, -0.1) is 11.3 Å². The van der Waals surface area contributed by atoms with Gasteiger partial charge in [0.2, 0.25) is 10.4 Å². The van der Waals surface area contributed by atoms with Crippen molar-refractivity contribution in [2.45, 2.75) is 44.8 Å². The van der Waals surface area contributed by atoms with Crippen molar-refractivity contribution in [1.82, 2.24) is 10.0 Å². The first-order valence-electron chi connectivity index (χ1n) is 14.2. The van der Waals surface area contributed by atoms with Gasteiger partial charge >= 0.3 is 5.97 Å². The van der Waals surface area contributed by atoms with Crippen LogP contribution in [0.4, 0.5) is 5.13 Å². The topological polar surface area (TPSA) is 241 Å². The summed E-state index contributed by atoms with van der Waals surface area (Å²) < 4.78 is 44.9. The number of aromatic nitrogens is 2. The van der Waals surface area contributed by atoms with Crippen LogP contribution in [0.3, 0.4) is 0 Å². The summed E-state index contributed by atoms with van der Waals surface area (Å²) in [5.41, 5.74) is 12.6. The number of nitrogen functional groups attached to an aromatic ring is 1. The molecule has 5 N–H and O–H groups in total. The van der Waals surface area contributed by atoms with Gasteiger partial charge in [-0.1, -0.05) is 17.3 Å². The number of nitrogens with two attached hydrogens (primary N) is 2. The number of carbonyl (C=O) groups excluding carboxylic acids is 2. The zero-order chi connectivity index (χ0) is 34.5. The highest BCUT2D eigenvalue weighted by Crippen LogP contribution is 2.40. The summed E-state index contributed by atoms with van der Waals surface area (Å²) in [6.45, 7) is 2.93. The van der Waals surface area contributed by atoms with Crippen LogP contribution in [0.15, 0.2) is 53.1 Å². The van der Waals surface area contributed by atoms with Gasteiger partial charge in [0.25, 0.3) is 12.0 Å². The molecule has 0 aliphatic carbocycles. The Kier molecular flexibility index (Phi) is 10.9. The lowest BCUT2D eigenvalue weighted by molar-refractivity contribution is -0.678. The van der Waals surface area contributed by atoms with E-state index < -0.39 is 64.4 Å². The van der Waals surface area contributed by atoms with Crippen molar-refractivity contribution in [3.63, 3.8) is 0 Å². The van der Waals surface area contributed by atoms with Gasteiger partial charge in [0.1, 0.15) is 25.1 Å². The molecule has 3 heterocycles. The number of amides is 1. The lowest BCUT2D eigenvalue weighted by Gasteiger charge is -2.51. The molecule has 1 unspecified atom stereocenters. The summed E-state index contributed by atoms with van der Waals surface area (Å²) in [7, 11) is -3.27. The maximum absolute atomic E-state index is 13.3. The summed E-state index contributed by atoms with van der Waals surface area (Å²) in [6, 6.07) is 11.0. The number of carboxylic acids is 1. The SMILES string of the molecule is C[n+]1cc(-c2ccc(OCC(O/N=C(\C(=O)C[C@@H]3C(=O)N(OS(=O)(=O)[O-])C3(C)C)c3csc(N)n3)C(=O)O)cc2)ccc1CCCN. The van der Waals surface area contributed by atoms with Crippen molar-refractivity contribution in [2.75, 3.05) is 18.9 Å². The number of hydrogen-bond acceptors (Lipinski definition) is 14. The predicted molar refractivity (Wildman–Crippen MR) is 166 cm³/mol. The fraction of sp³-hybridized carbons (Fsp3) is 0.379. The molecule has 0 saturated carbocycles. The Morgan fingerprint density at radius 3 is 2.45 bits per heavy atom. The summed E-state index contributed by atoms with van der Waals surface area (Å²) in [5.74, 6) is -3.88. The molecule has 2 atom stereocenters. The molecular weight excluding hydrogens is 656 g/mol. The van der Waals surface area contributed by atoms with E-state index in [1.165, 1.54) is 19.2 Å². The van der Waals surface area contributed by atoms with Crippen LogP contribution in [0.25, 0.3) is 11.1 Å². The Morgan fingerprint density at radius 2 is 1.89 bits per heavy atom. The molecule has 1 aromatic carbocycles. The Balaban J connectivity index is 1.44. The number of ether oxygens (including phenoxy) is 1. The zero-order valence-corrected chi connectivity index (χ0v) is 27.3. The molecule has 0 radical (unpaired) electrons. The van der Waals surface area contributed by atoms with Crippen LogP contribution in [0.2, 0.25) is 0 Å². The van der Waals surface area contributed by atoms with E-state index in [4.69, 9.17) is 21.0 Å². The average Bonchev–Trinajstić information content (AvgIpc) is 3.44. The third-order valence-corrected chi connectivity index (χ3v) is 8.48. The van der Waals surface area contributed by atoms with Crippen LogP contribution < -0.4 is 20.8 Å². The number of Topliss-reactive ketones (excluding diaryl/α,β-unsaturated/α-hetero) is 1. The van der Waals surface area contributed by atoms with Gasteiger partial charge in [-0.05, 0) is 50.6 Å². The third kappa shape index (κ3) is 8.66. The minimum absolute atomic E-state index is 0.0289. The number of β-lactam (4-membered cyclic amide) rings is 1. The molecule has 252 valence electrons. The highest BCUT2D eigenvalue weighted by Gasteiger charge is 2.57. The number of hydroxylamine groups is 2. The van der Waals surface area contributed by atoms with Gasteiger partial charge in [-0.2, -0.15) is 9.35 Å². The number of carbonyl (C=O) groups is 3. The second-order valence-electron chi connectivity index (χ2n) is 11.1. The number of benzene rings is 1. The lowest BCUT2D eigenvalue weighted by atomic mass is 9.74. The zero-order valence-electron chi connectivity index (χ0n) is 25.7. The van der Waals surface area contributed by atoms with Crippen LogP contribution in [0, 0.1) is 5.92 Å². The molecule has 1 amide bonds. The van der Waals surface area contributed by atoms with Crippen molar-refractivity contribution in [1.29, 1.82) is 0 Å². The highest BCUT2D eigenvalue weighted by atomic mass is 32.3. The number of anilines is 1. The van der Waals surface area contributed by atoms with E-state index in [0.717, 1.165) is 41.0 Å². The number of aliphatic carboxylic acids is 1. The normalized spacial score (nSPS) is 16.8. The van der Waals surface area contributed by atoms with Crippen molar-refractivity contribution >= 4 is 50.2 Å². The number of aryl methyl sites for hydroxylation is 2. The molecule has 0 spiro atoms. The Bertz CT molecular complexity index is 1780. The van der Waals surface area contributed by atoms with Gasteiger partial charge in [-0.25, -0.2) is 22.8 Å². The number of hydrogen-bond donors (Lipinski definition) is 3. The maximum atomic E-state index is 13.3. The molecule has 1 aliphatic heterocycles. The molecule has 4 rings (SSSR count). The number of ketones is 1. The van der Waals surface area contributed by atoms with Crippen molar-refractivity contribution in [3.05, 3.63) is 59.4 Å². The second kappa shape index (κ2) is 14.5. The summed E-state index contributed by atoms with van der Waals surface area (Å²) in [6.07, 6.45) is 1.60. The maximum Gasteiger partial charge on any atom is 0.351 e. The van der Waals surface area contributed by atoms with E-state index in [0.29, 0.717) is 17.4 Å². The number of thiazole rings is 1. The quantitative estimate of drug-likeness (QED) is 0.0474. The third-order valence-electron chi connectivity index (χ3n) is 7.47. The number of pyridine rings is 1. The van der Waals surface area contributed by atoms with Gasteiger partial charge in [-0.3, -0.25) is 9.59 Å². The van der Waals surface area contributed by atoms with Gasteiger partial charge in [0, 0.05) is 29.9 Å². The molecule has 1 aliphatic rings. The first kappa shape index (κ1) is 35.4. The summed E-state index contributed by atoms with van der Waals surface area (Å²) in [4.78, 5) is 47.1. The van der Waals surface area contributed by atoms with E-state index >= 15 is 0 Å². The van der Waals surface area contributed by atoms with Crippen LogP contribution in [0.1, 0.15) is 38.1 Å². The van der Waals surface area contributed by atoms with E-state index in [9.17, 15) is 32.5 Å². The standard InChI is InChI=1S/C29H34N6O10S2/c1-29(2)21(26(37)35(29)45-47(40,41)42)13-23(36)25(22-16-46-28(31)32-22)33-44-24(27(38)39)15-43-20-10-7-17(8-11-20)18-6-9-19(5-4-12-30)34(3)14-18/h6-11,14,16,21,24H,4-5,12-13,15,30H2,1-3H3,(H3-,31,32,38,39,40,41,42)/b33-25-/t21-,24?/m1/s1. The first-order chi connectivity index (χ1) is 22.1. The van der Waals surface area contributed by atoms with Crippen LogP contribution in [-0.2, 0) is 47.4 Å². The lowest BCUT2D eigenvalue weighted by Crippen LogP contribution is -2.68. The van der Waals surface area contributed by atoms with E-state index in [1.54, 1.807) is 12.1 Å². The molecule has 0 bridgehead atoms. The average molecular weight is 691 g/mol. The Hall–Kier alpha value is -4.49. The summed E-state index contributed by atoms with van der Waals surface area (Å²) in [5, 5.41) is 15.4. The number of nitrogens with zero attached hydrogens (tertiary/aromatic N) is 4. The minimum atomic E-state index is -5.24. The second-order valence-corrected chi connectivity index (χ2v) is 13.0. The highest BCUT2D eigenvalue weighted by molar-refractivity contribution is 7.80. The predicted octanol–water partition coefficient (Wildman–Crippen LogP) is 0.949. The Labute approximate surface area is 274 Å². The van der Waals surface area contributed by atoms with Gasteiger partial charge < -0.3 is 30.7 Å². The van der Waals surface area contributed by atoms with Crippen molar-refractivity contribution in [2.24, 2.45) is 23.9 Å². The van der Waals surface area contributed by atoms with E-state index in [1.807, 2.05) is 42.1 Å². The van der Waals surface area contributed by atoms with E-state index in [-0.39, 0.29) is 10.8 Å². The number of carboxylic acid groups (broad SMARTS) is 1. The molecule has 2 aromatic heterocycles. The monoisotopic (exact) mass is 690 g/mol. The fourth-order valence-electron chi connectivity index (χ4n) is 4.81. The molecule has 1 saturated heterocycles. The molecule has 16 nitrogen and oxygen atoms in total. The smallest absolute Gasteiger partial charge is 0.351 e. The van der Waals surface area contributed by atoms with Crippen LogP contribution in [-0.4, -0.2) is 76.3 Å². The van der Waals surface area contributed by atoms with Crippen LogP contribution in [0.5, 0.6) is 5.75 Å². The fourth-order valence-corrected chi connectivity index (χ4v) is 5.81. The number of rotatable bonds is 16. The molecule has 1 fully saturated rings. The van der Waals surface area contributed by atoms with Crippen molar-refractivity contribution < 1.29 is 50.9 Å². The number of oxime groups is 1. The van der Waals surface area contributed by atoms with Gasteiger partial charge in [0.05, 0.1) is 11.5 Å². The first-order valence-corrected chi connectivity index (χ1v) is 16.4. The van der Waals surface area contributed by atoms with E-state index in [2.05, 4.69) is 14.4 Å². The largest absolute Gasteiger partial charge is 0.724 e. The molecular formula is C29H34N6O10S2. The molecule has 3 aromatic rings. The van der Waals surface area contributed by atoms with Crippen LogP contribution >= 0.6 is 11.3 Å². The Morgan fingerprint density at radius 1 is 1.21 bits per heavy atom. The molecule has 47 heavy (non-hydrogen) atoms. The summed E-state index contributed by atoms with van der Waals surface area (Å²) >= 11 is 0.982. The minimum Gasteiger partial charge on any atom is -0.724 e. The van der Waals surface area contributed by atoms with Gasteiger partial charge in [0.15, 0.2) is 28.5 Å². The van der Waals surface area contributed by atoms with Crippen molar-refractivity contribution in [3.8, 4) is 16.9 Å².